The van der Waals surface area contributed by atoms with Gasteiger partial charge in [-0.2, -0.15) is 0 Å². The number of halogens is 2. The van der Waals surface area contributed by atoms with Gasteiger partial charge in [-0.3, -0.25) is 19.3 Å². The van der Waals surface area contributed by atoms with E-state index in [2.05, 4.69) is 0 Å². The van der Waals surface area contributed by atoms with Crippen molar-refractivity contribution in [2.45, 2.75) is 26.4 Å². The lowest BCUT2D eigenvalue weighted by Crippen LogP contribution is -2.37. The number of benzene rings is 1. The Bertz CT molecular complexity index is 1020. The molecule has 0 radical (unpaired) electrons. The monoisotopic (exact) mass is 453 g/mol. The minimum absolute atomic E-state index is 0.150. The summed E-state index contributed by atoms with van der Waals surface area (Å²) in [7, 11) is 0. The smallest absolute Gasteiger partial charge is 0.326 e. The number of nitrogens with zero attached hydrogens (tertiary/aromatic N) is 1. The summed E-state index contributed by atoms with van der Waals surface area (Å²) in [5.74, 6) is -0.405. The summed E-state index contributed by atoms with van der Waals surface area (Å²) >= 11 is 12.9. The molecular weight excluding hydrogens is 437 g/mol. The maximum absolute atomic E-state index is 12.5. The molecule has 0 bridgehead atoms. The van der Waals surface area contributed by atoms with Gasteiger partial charge < -0.3 is 9.15 Å². The van der Waals surface area contributed by atoms with Crippen molar-refractivity contribution in [2.75, 3.05) is 6.54 Å². The number of amides is 2. The highest BCUT2D eigenvalue weighted by atomic mass is 35.5. The van der Waals surface area contributed by atoms with Crippen molar-refractivity contribution in [1.29, 1.82) is 0 Å². The third kappa shape index (κ3) is 5.23. The van der Waals surface area contributed by atoms with E-state index in [-0.39, 0.29) is 4.91 Å². The van der Waals surface area contributed by atoms with E-state index < -0.39 is 29.3 Å². The summed E-state index contributed by atoms with van der Waals surface area (Å²) in [5, 5.41) is 0.426. The third-order valence-electron chi connectivity index (χ3n) is 3.67. The van der Waals surface area contributed by atoms with Gasteiger partial charge in [0.25, 0.3) is 11.1 Å². The molecule has 6 nitrogen and oxygen atoms in total. The largest absolute Gasteiger partial charge is 0.459 e. The maximum atomic E-state index is 12.5. The lowest BCUT2D eigenvalue weighted by Gasteiger charge is -2.21. The van der Waals surface area contributed by atoms with Crippen molar-refractivity contribution < 1.29 is 23.5 Å². The molecule has 29 heavy (non-hydrogen) atoms. The molecule has 0 unspecified atom stereocenters. The van der Waals surface area contributed by atoms with Gasteiger partial charge in [-0.05, 0) is 62.9 Å². The first kappa shape index (κ1) is 21.5. The van der Waals surface area contributed by atoms with Gasteiger partial charge in [0.05, 0.1) is 9.93 Å². The van der Waals surface area contributed by atoms with E-state index in [1.54, 1.807) is 51.1 Å². The lowest BCUT2D eigenvalue weighted by atomic mass is 10.2. The van der Waals surface area contributed by atoms with Crippen LogP contribution in [0.1, 0.15) is 26.5 Å². The van der Waals surface area contributed by atoms with Crippen molar-refractivity contribution in [2.24, 2.45) is 0 Å². The zero-order chi connectivity index (χ0) is 21.3. The quantitative estimate of drug-likeness (QED) is 0.440. The van der Waals surface area contributed by atoms with Crippen LogP contribution in [0.25, 0.3) is 17.4 Å². The van der Waals surface area contributed by atoms with Crippen LogP contribution in [0, 0.1) is 0 Å². The minimum atomic E-state index is -0.707. The van der Waals surface area contributed by atoms with Crippen LogP contribution in [-0.2, 0) is 14.3 Å². The van der Waals surface area contributed by atoms with Crippen LogP contribution in [0.4, 0.5) is 4.79 Å². The first-order chi connectivity index (χ1) is 13.5. The number of rotatable bonds is 4. The average Bonchev–Trinajstić information content (AvgIpc) is 3.16. The van der Waals surface area contributed by atoms with Gasteiger partial charge in [0.15, 0.2) is 0 Å². The molecule has 2 amide bonds. The molecular formula is C20H17Cl2NO5S. The number of imide groups is 1. The van der Waals surface area contributed by atoms with Gasteiger partial charge >= 0.3 is 5.97 Å². The number of carbonyl (C=O) groups is 3. The Labute approximate surface area is 181 Å². The first-order valence-electron chi connectivity index (χ1n) is 8.56. The van der Waals surface area contributed by atoms with Crippen molar-refractivity contribution >= 4 is 58.2 Å². The standard InChI is InChI=1S/C20H17Cl2NO5S/c1-20(2,3)28-17(24)10-23-18(25)16(29-19(23)26)9-12-5-7-15(27-12)13-8-11(21)4-6-14(13)22/h4-9H,10H2,1-3H3. The van der Waals surface area contributed by atoms with Crippen molar-refractivity contribution in [1.82, 2.24) is 4.90 Å². The summed E-state index contributed by atoms with van der Waals surface area (Å²) in [5.41, 5.74) is -0.0993. The second kappa shape index (κ2) is 8.26. The lowest BCUT2D eigenvalue weighted by molar-refractivity contribution is -0.156. The van der Waals surface area contributed by atoms with Crippen LogP contribution in [-0.4, -0.2) is 34.2 Å². The van der Waals surface area contributed by atoms with E-state index in [9.17, 15) is 14.4 Å². The van der Waals surface area contributed by atoms with Crippen molar-refractivity contribution in [3.63, 3.8) is 0 Å². The van der Waals surface area contributed by atoms with Gasteiger partial charge in [-0.25, -0.2) is 0 Å². The Morgan fingerprint density at radius 1 is 1.21 bits per heavy atom. The van der Waals surface area contributed by atoms with E-state index in [1.165, 1.54) is 6.08 Å². The number of hydrogen-bond acceptors (Lipinski definition) is 6. The maximum Gasteiger partial charge on any atom is 0.326 e. The summed E-state index contributed by atoms with van der Waals surface area (Å²) < 4.78 is 10.9. The zero-order valence-corrected chi connectivity index (χ0v) is 18.2. The Hall–Kier alpha value is -2.22. The molecule has 1 aromatic carbocycles. The number of hydrogen-bond donors (Lipinski definition) is 0. The summed E-state index contributed by atoms with van der Waals surface area (Å²) in [6, 6.07) is 8.32. The average molecular weight is 454 g/mol. The van der Waals surface area contributed by atoms with E-state index in [1.807, 2.05) is 0 Å². The van der Waals surface area contributed by atoms with Crippen LogP contribution in [0.15, 0.2) is 39.7 Å². The predicted molar refractivity (Wildman–Crippen MR) is 113 cm³/mol. The summed E-state index contributed by atoms with van der Waals surface area (Å²) in [4.78, 5) is 37.6. The molecule has 2 aromatic rings. The van der Waals surface area contributed by atoms with E-state index in [4.69, 9.17) is 32.4 Å². The fraction of sp³-hybridized carbons (Fsp3) is 0.250. The van der Waals surface area contributed by atoms with Gasteiger partial charge in [0, 0.05) is 16.7 Å². The number of thioether (sulfide) groups is 1. The van der Waals surface area contributed by atoms with E-state index >= 15 is 0 Å². The molecule has 9 heteroatoms. The molecule has 3 rings (SSSR count). The molecule has 1 fully saturated rings. The molecule has 1 aromatic heterocycles. The van der Waals surface area contributed by atoms with Gasteiger partial charge in [-0.1, -0.05) is 23.2 Å². The number of ether oxygens (including phenoxy) is 1. The first-order valence-corrected chi connectivity index (χ1v) is 10.1. The second-order valence-electron chi connectivity index (χ2n) is 7.18. The zero-order valence-electron chi connectivity index (χ0n) is 15.8. The molecule has 2 heterocycles. The Kier molecular flexibility index (Phi) is 6.12. The van der Waals surface area contributed by atoms with Crippen LogP contribution < -0.4 is 0 Å². The fourth-order valence-electron chi connectivity index (χ4n) is 2.53. The normalized spacial score (nSPS) is 16.0. The Balaban J connectivity index is 1.77. The molecule has 0 spiro atoms. The summed E-state index contributed by atoms with van der Waals surface area (Å²) in [6.45, 7) is 4.68. The predicted octanol–water partition coefficient (Wildman–Crippen LogP) is 5.63. The second-order valence-corrected chi connectivity index (χ2v) is 9.02. The van der Waals surface area contributed by atoms with Crippen molar-refractivity contribution in [3.8, 4) is 11.3 Å². The third-order valence-corrected chi connectivity index (χ3v) is 5.15. The van der Waals surface area contributed by atoms with Gasteiger partial charge in [0.2, 0.25) is 0 Å². The fourth-order valence-corrected chi connectivity index (χ4v) is 3.73. The van der Waals surface area contributed by atoms with Crippen LogP contribution in [0.3, 0.4) is 0 Å². The molecule has 0 N–H and O–H groups in total. The number of esters is 1. The molecule has 152 valence electrons. The Morgan fingerprint density at radius 2 is 1.93 bits per heavy atom. The highest BCUT2D eigenvalue weighted by molar-refractivity contribution is 8.18. The molecule has 0 aliphatic carbocycles. The van der Waals surface area contributed by atoms with Crippen LogP contribution in [0.2, 0.25) is 10.0 Å². The molecule has 0 atom stereocenters. The molecule has 1 aliphatic rings. The number of furan rings is 1. The van der Waals surface area contributed by atoms with Gasteiger partial charge in [0.1, 0.15) is 23.7 Å². The highest BCUT2D eigenvalue weighted by Gasteiger charge is 2.37. The number of carbonyl (C=O) groups excluding carboxylic acids is 3. The Morgan fingerprint density at radius 3 is 2.62 bits per heavy atom. The van der Waals surface area contributed by atoms with Crippen molar-refractivity contribution in [3.05, 3.63) is 51.0 Å². The highest BCUT2D eigenvalue weighted by Crippen LogP contribution is 2.35. The minimum Gasteiger partial charge on any atom is -0.459 e. The van der Waals surface area contributed by atoms with E-state index in [0.717, 1.165) is 16.7 Å². The van der Waals surface area contributed by atoms with Crippen LogP contribution >= 0.6 is 35.0 Å². The van der Waals surface area contributed by atoms with Crippen LogP contribution in [0.5, 0.6) is 0 Å². The molecule has 0 saturated carbocycles. The van der Waals surface area contributed by atoms with E-state index in [0.29, 0.717) is 27.1 Å². The molecule has 1 aliphatic heterocycles. The SMILES string of the molecule is CC(C)(C)OC(=O)CN1C(=O)SC(=Cc2ccc(-c3cc(Cl)ccc3Cl)o2)C1=O. The topological polar surface area (TPSA) is 76.8 Å². The molecule has 1 saturated heterocycles. The summed E-state index contributed by atoms with van der Waals surface area (Å²) in [6.07, 6.45) is 1.45. The van der Waals surface area contributed by atoms with Gasteiger partial charge in [-0.15, -0.1) is 0 Å².